The third-order valence-electron chi connectivity index (χ3n) is 4.40. The van der Waals surface area contributed by atoms with Crippen LogP contribution in [0.25, 0.3) is 0 Å². The zero-order valence-corrected chi connectivity index (χ0v) is 17.2. The molecular weight excluding hydrogens is 398 g/mol. The third-order valence-corrected chi connectivity index (χ3v) is 5.78. The van der Waals surface area contributed by atoms with Crippen molar-refractivity contribution in [2.24, 2.45) is 4.99 Å². The molecule has 1 heterocycles. The number of amidine groups is 1. The number of thioether (sulfide) groups is 1. The molecule has 0 spiro atoms. The van der Waals surface area contributed by atoms with Crippen LogP contribution in [0, 0.1) is 10.1 Å². The molecule has 1 amide bonds. The number of carbonyl (C=O) groups excluding carboxylic acids is 1. The summed E-state index contributed by atoms with van der Waals surface area (Å²) in [5, 5.41) is 11.8. The molecule has 1 aliphatic rings. The van der Waals surface area contributed by atoms with E-state index in [1.807, 2.05) is 24.3 Å². The lowest BCUT2D eigenvalue weighted by Crippen LogP contribution is -2.39. The van der Waals surface area contributed by atoms with Crippen LogP contribution in [-0.4, -0.2) is 33.2 Å². The molecule has 1 saturated heterocycles. The molecule has 2 aromatic carbocycles. The highest BCUT2D eigenvalue weighted by Crippen LogP contribution is 2.31. The highest BCUT2D eigenvalue weighted by Gasteiger charge is 2.27. The van der Waals surface area contributed by atoms with Crippen LogP contribution in [-0.2, 0) is 0 Å². The maximum atomic E-state index is 13.1. The van der Waals surface area contributed by atoms with Crippen LogP contribution in [0.2, 0.25) is 5.02 Å². The van der Waals surface area contributed by atoms with Gasteiger partial charge in [0.15, 0.2) is 5.17 Å². The standard InChI is InChI=1S/C20H20ClN3O3S/c1-13(2)15-6-3-4-7-17(15)22-20-23(10-5-11-28-20)19(25)14-8-9-16(21)18(12-14)24(26)27/h3-4,6-9,12-13H,5,10-11H2,1-2H3. The average Bonchev–Trinajstić information content (AvgIpc) is 2.68. The van der Waals surface area contributed by atoms with E-state index in [2.05, 4.69) is 13.8 Å². The van der Waals surface area contributed by atoms with Crippen molar-refractivity contribution in [2.75, 3.05) is 12.3 Å². The molecule has 0 aromatic heterocycles. The molecule has 0 unspecified atom stereocenters. The highest BCUT2D eigenvalue weighted by molar-refractivity contribution is 8.13. The van der Waals surface area contributed by atoms with Gasteiger partial charge < -0.3 is 0 Å². The second-order valence-electron chi connectivity index (χ2n) is 6.69. The van der Waals surface area contributed by atoms with Gasteiger partial charge in [0, 0.05) is 23.9 Å². The second-order valence-corrected chi connectivity index (χ2v) is 8.16. The number of nitro benzene ring substituents is 1. The maximum absolute atomic E-state index is 13.1. The number of nitro groups is 1. The fourth-order valence-corrected chi connectivity index (χ4v) is 4.10. The van der Waals surface area contributed by atoms with Crippen molar-refractivity contribution in [2.45, 2.75) is 26.2 Å². The molecule has 3 rings (SSSR count). The molecule has 1 aliphatic heterocycles. The summed E-state index contributed by atoms with van der Waals surface area (Å²) < 4.78 is 0. The number of amides is 1. The van der Waals surface area contributed by atoms with E-state index in [0.29, 0.717) is 17.6 Å². The summed E-state index contributed by atoms with van der Waals surface area (Å²) in [6, 6.07) is 12.0. The Hall–Kier alpha value is -2.38. The largest absolute Gasteiger partial charge is 0.288 e. The van der Waals surface area contributed by atoms with Crippen molar-refractivity contribution in [3.05, 3.63) is 68.7 Å². The highest BCUT2D eigenvalue weighted by atomic mass is 35.5. The molecule has 6 nitrogen and oxygen atoms in total. The molecule has 0 N–H and O–H groups in total. The Morgan fingerprint density at radius 1 is 1.29 bits per heavy atom. The lowest BCUT2D eigenvalue weighted by atomic mass is 10.0. The van der Waals surface area contributed by atoms with Gasteiger partial charge in [-0.25, -0.2) is 4.99 Å². The Morgan fingerprint density at radius 2 is 2.04 bits per heavy atom. The number of halogens is 1. The Bertz CT molecular complexity index is 946. The smallest absolute Gasteiger partial charge is 0.287 e. The molecule has 0 radical (unpaired) electrons. The van der Waals surface area contributed by atoms with Gasteiger partial charge in [0.2, 0.25) is 0 Å². The first-order valence-electron chi connectivity index (χ1n) is 8.94. The van der Waals surface area contributed by atoms with Gasteiger partial charge in [-0.15, -0.1) is 0 Å². The second kappa shape index (κ2) is 8.75. The van der Waals surface area contributed by atoms with E-state index in [9.17, 15) is 14.9 Å². The summed E-state index contributed by atoms with van der Waals surface area (Å²) in [7, 11) is 0. The minimum absolute atomic E-state index is 0.00863. The summed E-state index contributed by atoms with van der Waals surface area (Å²) >= 11 is 7.39. The molecule has 8 heteroatoms. The minimum Gasteiger partial charge on any atom is -0.287 e. The van der Waals surface area contributed by atoms with Crippen molar-refractivity contribution >= 4 is 45.8 Å². The number of hydrogen-bond donors (Lipinski definition) is 0. The molecule has 0 atom stereocenters. The Morgan fingerprint density at radius 3 is 2.75 bits per heavy atom. The average molecular weight is 418 g/mol. The number of nitrogens with zero attached hydrogens (tertiary/aromatic N) is 3. The normalized spacial score (nSPS) is 15.9. The van der Waals surface area contributed by atoms with Crippen LogP contribution in [0.5, 0.6) is 0 Å². The van der Waals surface area contributed by atoms with Crippen molar-refractivity contribution in [3.63, 3.8) is 0 Å². The van der Waals surface area contributed by atoms with Crippen molar-refractivity contribution in [1.82, 2.24) is 4.90 Å². The van der Waals surface area contributed by atoms with E-state index in [1.54, 1.807) is 4.90 Å². The molecule has 2 aromatic rings. The predicted octanol–water partition coefficient (Wildman–Crippen LogP) is 5.64. The number of rotatable bonds is 4. The van der Waals surface area contributed by atoms with Gasteiger partial charge in [0.05, 0.1) is 10.6 Å². The molecular formula is C20H20ClN3O3S. The number of benzene rings is 2. The molecule has 0 bridgehead atoms. The quantitative estimate of drug-likeness (QED) is 0.476. The Labute approximate surface area is 172 Å². The maximum Gasteiger partial charge on any atom is 0.288 e. The molecule has 0 aliphatic carbocycles. The van der Waals surface area contributed by atoms with E-state index in [-0.39, 0.29) is 22.2 Å². The topological polar surface area (TPSA) is 75.8 Å². The SMILES string of the molecule is CC(C)c1ccccc1N=C1SCCCN1C(=O)c1ccc(Cl)c([N+](=O)[O-])c1. The van der Waals surface area contributed by atoms with E-state index in [4.69, 9.17) is 16.6 Å². The number of carbonyl (C=O) groups is 1. The summed E-state index contributed by atoms with van der Waals surface area (Å²) in [5.41, 5.74) is 1.89. The lowest BCUT2D eigenvalue weighted by molar-refractivity contribution is -0.384. The van der Waals surface area contributed by atoms with Gasteiger partial charge in [-0.05, 0) is 36.1 Å². The van der Waals surface area contributed by atoms with Gasteiger partial charge in [-0.2, -0.15) is 0 Å². The molecule has 146 valence electrons. The zero-order valence-electron chi connectivity index (χ0n) is 15.6. The third kappa shape index (κ3) is 4.36. The monoisotopic (exact) mass is 417 g/mol. The van der Waals surface area contributed by atoms with E-state index < -0.39 is 4.92 Å². The zero-order chi connectivity index (χ0) is 20.3. The predicted molar refractivity (Wildman–Crippen MR) is 114 cm³/mol. The Kier molecular flexibility index (Phi) is 6.36. The van der Waals surface area contributed by atoms with Crippen molar-refractivity contribution in [3.8, 4) is 0 Å². The fourth-order valence-electron chi connectivity index (χ4n) is 2.96. The van der Waals surface area contributed by atoms with Gasteiger partial charge in [-0.1, -0.05) is 55.4 Å². The van der Waals surface area contributed by atoms with Crippen LogP contribution in [0.4, 0.5) is 11.4 Å². The summed E-state index contributed by atoms with van der Waals surface area (Å²) in [5.74, 6) is 0.859. The van der Waals surface area contributed by atoms with Crippen LogP contribution in [0.3, 0.4) is 0 Å². The van der Waals surface area contributed by atoms with E-state index in [0.717, 1.165) is 23.4 Å². The minimum atomic E-state index is -0.585. The number of aliphatic imine (C=N–C) groups is 1. The summed E-state index contributed by atoms with van der Waals surface area (Å²) in [6.45, 7) is 4.72. The fraction of sp³-hybridized carbons (Fsp3) is 0.300. The number of hydrogen-bond acceptors (Lipinski definition) is 5. The first kappa shape index (κ1) is 20.4. The van der Waals surface area contributed by atoms with E-state index >= 15 is 0 Å². The first-order chi connectivity index (χ1) is 13.4. The summed E-state index contributed by atoms with van der Waals surface area (Å²) in [4.78, 5) is 30.0. The summed E-state index contributed by atoms with van der Waals surface area (Å²) in [6.07, 6.45) is 0.830. The lowest BCUT2D eigenvalue weighted by Gasteiger charge is -2.28. The molecule has 28 heavy (non-hydrogen) atoms. The van der Waals surface area contributed by atoms with Crippen molar-refractivity contribution < 1.29 is 9.72 Å². The Balaban J connectivity index is 1.97. The van der Waals surface area contributed by atoms with Crippen LogP contribution >= 0.6 is 23.4 Å². The van der Waals surface area contributed by atoms with Gasteiger partial charge in [-0.3, -0.25) is 19.8 Å². The van der Waals surface area contributed by atoms with Crippen LogP contribution in [0.15, 0.2) is 47.5 Å². The van der Waals surface area contributed by atoms with Gasteiger partial charge in [0.25, 0.3) is 11.6 Å². The first-order valence-corrected chi connectivity index (χ1v) is 10.3. The molecule has 0 saturated carbocycles. The molecule has 1 fully saturated rings. The van der Waals surface area contributed by atoms with Gasteiger partial charge in [0.1, 0.15) is 5.02 Å². The van der Waals surface area contributed by atoms with Crippen molar-refractivity contribution in [1.29, 1.82) is 0 Å². The van der Waals surface area contributed by atoms with Crippen LogP contribution in [0.1, 0.15) is 42.1 Å². The number of para-hydroxylation sites is 1. The van der Waals surface area contributed by atoms with Gasteiger partial charge >= 0.3 is 0 Å². The van der Waals surface area contributed by atoms with E-state index in [1.165, 1.54) is 30.0 Å². The van der Waals surface area contributed by atoms with Crippen LogP contribution < -0.4 is 0 Å².